The van der Waals surface area contributed by atoms with Crippen molar-refractivity contribution >= 4 is 11.9 Å². The molecule has 1 aliphatic carbocycles. The van der Waals surface area contributed by atoms with Crippen molar-refractivity contribution in [1.29, 1.82) is 0 Å². The summed E-state index contributed by atoms with van der Waals surface area (Å²) in [6, 6.07) is 0. The molecule has 0 unspecified atom stereocenters. The van der Waals surface area contributed by atoms with Gasteiger partial charge < -0.3 is 10.8 Å². The zero-order valence-corrected chi connectivity index (χ0v) is 10.9. The average molecular weight is 267 g/mol. The third-order valence-electron chi connectivity index (χ3n) is 2.30. The normalized spacial score (nSPS) is 21.0. The molecule has 0 N–H and O–H groups in total. The van der Waals surface area contributed by atoms with Gasteiger partial charge in [0.05, 0.1) is 0 Å². The predicted octanol–water partition coefficient (Wildman–Crippen LogP) is 1.63. The first-order valence-corrected chi connectivity index (χ1v) is 4.71. The van der Waals surface area contributed by atoms with Gasteiger partial charge in [0, 0.05) is 38.6 Å². The molecule has 73 valence electrons. The Kier molecular flexibility index (Phi) is 4.96. The first kappa shape index (κ1) is 12.1. The molecular formula is C10H12NO2Y-. The van der Waals surface area contributed by atoms with Crippen molar-refractivity contribution in [3.05, 3.63) is 11.6 Å². The van der Waals surface area contributed by atoms with Gasteiger partial charge in [0.1, 0.15) is 6.54 Å². The van der Waals surface area contributed by atoms with E-state index in [1.54, 1.807) is 0 Å². The fraction of sp³-hybridized carbons (Fsp3) is 0.600. The molecule has 14 heavy (non-hydrogen) atoms. The van der Waals surface area contributed by atoms with Crippen molar-refractivity contribution in [1.82, 2.24) is 0 Å². The van der Waals surface area contributed by atoms with E-state index in [0.29, 0.717) is 5.90 Å². The molecule has 0 spiro atoms. The van der Waals surface area contributed by atoms with Gasteiger partial charge in [-0.25, -0.2) is 10.4 Å². The van der Waals surface area contributed by atoms with Gasteiger partial charge in [0.25, 0.3) is 0 Å². The molecular weight excluding hydrogens is 255 g/mol. The van der Waals surface area contributed by atoms with Crippen LogP contribution >= 0.6 is 0 Å². The number of rotatable bonds is 1. The van der Waals surface area contributed by atoms with Gasteiger partial charge >= 0.3 is 5.97 Å². The van der Waals surface area contributed by atoms with E-state index in [9.17, 15) is 4.79 Å². The maximum atomic E-state index is 10.7. The van der Waals surface area contributed by atoms with E-state index < -0.39 is 0 Å². The van der Waals surface area contributed by atoms with E-state index in [4.69, 9.17) is 4.74 Å². The zero-order chi connectivity index (χ0) is 9.10. The standard InChI is InChI=1S/C10H12NO2.Y/c12-10-7-11-9(13-10)6-8-4-2-1-3-5-8;/h1-5,7H2;/q-1;. The number of hydrogen-bond donors (Lipinski definition) is 0. The number of nitrogens with zero attached hydrogens (tertiary/aromatic N) is 1. The van der Waals surface area contributed by atoms with Gasteiger partial charge in [-0.1, -0.05) is 32.1 Å². The maximum Gasteiger partial charge on any atom is 0.331 e. The molecule has 0 amide bonds. The van der Waals surface area contributed by atoms with Gasteiger partial charge in [-0.3, -0.25) is 4.99 Å². The van der Waals surface area contributed by atoms with Crippen LogP contribution in [0.1, 0.15) is 32.1 Å². The minimum Gasteiger partial charge on any atom is -0.445 e. The summed E-state index contributed by atoms with van der Waals surface area (Å²) < 4.78 is 4.84. The summed E-state index contributed by atoms with van der Waals surface area (Å²) in [5.41, 5.74) is 1.25. The molecule has 3 nitrogen and oxygen atoms in total. The van der Waals surface area contributed by atoms with E-state index in [2.05, 4.69) is 11.1 Å². The van der Waals surface area contributed by atoms with E-state index in [1.807, 2.05) is 0 Å². The van der Waals surface area contributed by atoms with Crippen molar-refractivity contribution in [2.75, 3.05) is 6.54 Å². The molecule has 1 heterocycles. The molecule has 0 aromatic heterocycles. The van der Waals surface area contributed by atoms with Crippen LogP contribution in [-0.4, -0.2) is 18.4 Å². The average Bonchev–Trinajstić information content (AvgIpc) is 2.53. The van der Waals surface area contributed by atoms with Crippen LogP contribution in [0.4, 0.5) is 0 Å². The predicted molar refractivity (Wildman–Crippen MR) is 48.2 cm³/mol. The van der Waals surface area contributed by atoms with E-state index in [-0.39, 0.29) is 45.2 Å². The number of aliphatic imine (C=N–C) groups is 1. The van der Waals surface area contributed by atoms with Crippen LogP contribution in [0.2, 0.25) is 0 Å². The molecule has 1 radical (unpaired) electrons. The number of esters is 1. The largest absolute Gasteiger partial charge is 0.445 e. The summed E-state index contributed by atoms with van der Waals surface area (Å²) >= 11 is 0. The van der Waals surface area contributed by atoms with Crippen LogP contribution in [0.25, 0.3) is 0 Å². The number of hydrogen-bond acceptors (Lipinski definition) is 3. The topological polar surface area (TPSA) is 38.7 Å². The molecule has 0 bridgehead atoms. The molecule has 0 aromatic carbocycles. The third kappa shape index (κ3) is 3.28. The third-order valence-corrected chi connectivity index (χ3v) is 2.30. The Morgan fingerprint density at radius 3 is 2.50 bits per heavy atom. The monoisotopic (exact) mass is 267 g/mol. The fourth-order valence-electron chi connectivity index (χ4n) is 1.63. The van der Waals surface area contributed by atoms with Crippen molar-refractivity contribution in [2.45, 2.75) is 32.1 Å². The number of allylic oxidation sites excluding steroid dienone is 1. The van der Waals surface area contributed by atoms with Crippen LogP contribution < -0.4 is 0 Å². The Morgan fingerprint density at radius 1 is 1.21 bits per heavy atom. The fourth-order valence-corrected chi connectivity index (χ4v) is 1.63. The summed E-state index contributed by atoms with van der Waals surface area (Å²) in [6.45, 7) is 0.162. The molecule has 0 atom stereocenters. The Morgan fingerprint density at radius 2 is 1.93 bits per heavy atom. The second-order valence-electron chi connectivity index (χ2n) is 3.38. The van der Waals surface area contributed by atoms with Crippen molar-refractivity contribution in [3.63, 3.8) is 0 Å². The summed E-state index contributed by atoms with van der Waals surface area (Å²) in [5.74, 6) is 0.126. The first-order valence-electron chi connectivity index (χ1n) is 4.71. The van der Waals surface area contributed by atoms with Crippen LogP contribution in [0.3, 0.4) is 0 Å². The number of carbonyl (C=O) groups is 1. The van der Waals surface area contributed by atoms with Crippen LogP contribution in [-0.2, 0) is 42.2 Å². The van der Waals surface area contributed by atoms with Crippen molar-refractivity contribution in [3.8, 4) is 0 Å². The second kappa shape index (κ2) is 5.77. The van der Waals surface area contributed by atoms with Gasteiger partial charge in [0.15, 0.2) is 0 Å². The summed E-state index contributed by atoms with van der Waals surface area (Å²) in [4.78, 5) is 14.6. The summed E-state index contributed by atoms with van der Waals surface area (Å²) in [7, 11) is 0. The molecule has 1 saturated carbocycles. The number of cyclic esters (lactones) is 1. The Balaban J connectivity index is 0.000000980. The SMILES string of the molecule is O=C1CN=C([C-]=C2CCCCC2)O1.[Y]. The second-order valence-corrected chi connectivity index (χ2v) is 3.38. The van der Waals surface area contributed by atoms with Crippen LogP contribution in [0.15, 0.2) is 10.6 Å². The van der Waals surface area contributed by atoms with Gasteiger partial charge in [-0.2, -0.15) is 0 Å². The van der Waals surface area contributed by atoms with Gasteiger partial charge in [-0.05, 0) is 0 Å². The quantitative estimate of drug-likeness (QED) is 0.535. The molecule has 1 aliphatic heterocycles. The van der Waals surface area contributed by atoms with Gasteiger partial charge in [-0.15, -0.1) is 0 Å². The van der Waals surface area contributed by atoms with Crippen LogP contribution in [0, 0.1) is 6.08 Å². The Hall–Kier alpha value is -0.0161. The van der Waals surface area contributed by atoms with E-state index >= 15 is 0 Å². The molecule has 4 heteroatoms. The molecule has 2 aliphatic rings. The van der Waals surface area contributed by atoms with Crippen molar-refractivity contribution in [2.24, 2.45) is 4.99 Å². The smallest absolute Gasteiger partial charge is 0.331 e. The van der Waals surface area contributed by atoms with Crippen molar-refractivity contribution < 1.29 is 42.2 Å². The summed E-state index contributed by atoms with van der Waals surface area (Å²) in [6.07, 6.45) is 8.99. The maximum absolute atomic E-state index is 10.7. The minimum absolute atomic E-state index is 0. The Labute approximate surface area is 109 Å². The molecule has 0 aromatic rings. The minimum atomic E-state index is -0.265. The van der Waals surface area contributed by atoms with Crippen LogP contribution in [0.5, 0.6) is 0 Å². The Bertz CT molecular complexity index is 276. The molecule has 2 rings (SSSR count). The number of ether oxygens (including phenoxy) is 1. The van der Waals surface area contributed by atoms with E-state index in [1.165, 1.54) is 24.8 Å². The first-order chi connectivity index (χ1) is 6.34. The molecule has 1 fully saturated rings. The molecule has 0 saturated heterocycles. The summed E-state index contributed by atoms with van der Waals surface area (Å²) in [5, 5.41) is 0. The number of carbonyl (C=O) groups excluding carboxylic acids is 1. The zero-order valence-electron chi connectivity index (χ0n) is 8.08. The van der Waals surface area contributed by atoms with Gasteiger partial charge in [0.2, 0.25) is 0 Å². The van der Waals surface area contributed by atoms with E-state index in [0.717, 1.165) is 12.8 Å².